The highest BCUT2D eigenvalue weighted by molar-refractivity contribution is 4.80. The molecule has 1 unspecified atom stereocenters. The lowest BCUT2D eigenvalue weighted by Crippen LogP contribution is -2.35. The van der Waals surface area contributed by atoms with E-state index in [9.17, 15) is 0 Å². The molecule has 1 rings (SSSR count). The summed E-state index contributed by atoms with van der Waals surface area (Å²) in [7, 11) is 2.00. The fraction of sp³-hybridized carbons (Fsp3) is 1.00. The summed E-state index contributed by atoms with van der Waals surface area (Å²) in [5, 5.41) is 8.76. The van der Waals surface area contributed by atoms with Crippen LogP contribution in [0.4, 0.5) is 0 Å². The first-order valence-corrected chi connectivity index (χ1v) is 3.56. The third-order valence-corrected chi connectivity index (χ3v) is 2.06. The van der Waals surface area contributed by atoms with Crippen LogP contribution in [0.5, 0.6) is 0 Å². The molecule has 3 nitrogen and oxygen atoms in total. The zero-order valence-electron chi connectivity index (χ0n) is 6.79. The van der Waals surface area contributed by atoms with Crippen LogP contribution in [-0.2, 0) is 4.74 Å². The molecule has 1 aliphatic heterocycles. The summed E-state index contributed by atoms with van der Waals surface area (Å²) >= 11 is 0. The van der Waals surface area contributed by atoms with Gasteiger partial charge in [-0.25, -0.2) is 0 Å². The van der Waals surface area contributed by atoms with Crippen LogP contribution in [0.1, 0.15) is 13.8 Å². The largest absolute Gasteiger partial charge is 0.394 e. The summed E-state index contributed by atoms with van der Waals surface area (Å²) in [5.74, 6) is 0. The first kappa shape index (κ1) is 7.98. The number of hydrogen-bond donors (Lipinski definition) is 1. The van der Waals surface area contributed by atoms with Crippen LogP contribution in [0.2, 0.25) is 0 Å². The molecule has 1 fully saturated rings. The van der Waals surface area contributed by atoms with Crippen LogP contribution < -0.4 is 0 Å². The molecule has 0 aliphatic carbocycles. The minimum atomic E-state index is -0.201. The summed E-state index contributed by atoms with van der Waals surface area (Å²) in [5.41, 5.74) is -0.201. The number of aliphatic hydroxyl groups is 1. The number of nitrogens with zero attached hydrogens (tertiary/aromatic N) is 1. The van der Waals surface area contributed by atoms with Gasteiger partial charge in [-0.3, -0.25) is 4.90 Å². The van der Waals surface area contributed by atoms with Gasteiger partial charge < -0.3 is 9.84 Å². The summed E-state index contributed by atoms with van der Waals surface area (Å²) in [6, 6.07) is 0. The normalized spacial score (nSPS) is 33.0. The van der Waals surface area contributed by atoms with Crippen molar-refractivity contribution in [2.45, 2.75) is 25.7 Å². The van der Waals surface area contributed by atoms with Gasteiger partial charge in [-0.1, -0.05) is 0 Å². The molecule has 1 N–H and O–H groups in total. The molecule has 0 saturated carbocycles. The number of likely N-dealkylation sites (N-methyl/N-ethyl adjacent to an activating group) is 1. The maximum absolute atomic E-state index is 8.76. The molecule has 3 heteroatoms. The highest BCUT2D eigenvalue weighted by Crippen LogP contribution is 2.23. The van der Waals surface area contributed by atoms with E-state index < -0.39 is 0 Å². The Bertz CT molecular complexity index is 125. The molecule has 1 saturated heterocycles. The van der Waals surface area contributed by atoms with Crippen molar-refractivity contribution in [3.8, 4) is 0 Å². The quantitative estimate of drug-likeness (QED) is 0.565. The summed E-state index contributed by atoms with van der Waals surface area (Å²) in [6.07, 6.45) is -0.000000000000000444. The predicted octanol–water partition coefficient (Wildman–Crippen LogP) is 0.0454. The summed E-state index contributed by atoms with van der Waals surface area (Å²) in [6.45, 7) is 4.95. The molecule has 10 heavy (non-hydrogen) atoms. The third-order valence-electron chi connectivity index (χ3n) is 2.06. The van der Waals surface area contributed by atoms with Gasteiger partial charge in [-0.15, -0.1) is 0 Å². The highest BCUT2D eigenvalue weighted by Gasteiger charge is 2.35. The van der Waals surface area contributed by atoms with Gasteiger partial charge in [0.2, 0.25) is 0 Å². The Hall–Kier alpha value is -0.120. The van der Waals surface area contributed by atoms with Crippen LogP contribution in [0.3, 0.4) is 0 Å². The lowest BCUT2D eigenvalue weighted by molar-refractivity contribution is -0.0782. The first-order valence-electron chi connectivity index (χ1n) is 3.56. The maximum Gasteiger partial charge on any atom is 0.116 e. The fourth-order valence-corrected chi connectivity index (χ4v) is 1.16. The van der Waals surface area contributed by atoms with Crippen molar-refractivity contribution in [2.24, 2.45) is 0 Å². The van der Waals surface area contributed by atoms with Crippen LogP contribution in [0.25, 0.3) is 0 Å². The Kier molecular flexibility index (Phi) is 1.99. The molecule has 0 aromatic carbocycles. The van der Waals surface area contributed by atoms with Gasteiger partial charge in [-0.05, 0) is 20.9 Å². The second-order valence-corrected chi connectivity index (χ2v) is 3.25. The number of aliphatic hydroxyl groups excluding tert-OH is 1. The number of hydrogen-bond acceptors (Lipinski definition) is 3. The molecule has 60 valence electrons. The number of rotatable bonds is 1. The van der Waals surface area contributed by atoms with E-state index in [0.717, 1.165) is 6.54 Å². The summed E-state index contributed by atoms with van der Waals surface area (Å²) < 4.78 is 5.49. The minimum absolute atomic E-state index is 0.000000000000000444. The lowest BCUT2D eigenvalue weighted by Gasteiger charge is -2.25. The van der Waals surface area contributed by atoms with Crippen molar-refractivity contribution in [2.75, 3.05) is 20.2 Å². The van der Waals surface area contributed by atoms with E-state index in [1.54, 1.807) is 0 Å². The Morgan fingerprint density at radius 3 is 2.50 bits per heavy atom. The first-order chi connectivity index (χ1) is 4.56. The van der Waals surface area contributed by atoms with E-state index in [-0.39, 0.29) is 18.4 Å². The topological polar surface area (TPSA) is 32.7 Å². The van der Waals surface area contributed by atoms with Gasteiger partial charge in [-0.2, -0.15) is 0 Å². The molecule has 0 bridgehead atoms. The average molecular weight is 145 g/mol. The van der Waals surface area contributed by atoms with Gasteiger partial charge >= 0.3 is 0 Å². The maximum atomic E-state index is 8.76. The van der Waals surface area contributed by atoms with Crippen LogP contribution in [0, 0.1) is 0 Å². The Morgan fingerprint density at radius 1 is 1.70 bits per heavy atom. The van der Waals surface area contributed by atoms with E-state index in [1.807, 2.05) is 20.9 Å². The minimum Gasteiger partial charge on any atom is -0.394 e. The Morgan fingerprint density at radius 2 is 2.30 bits per heavy atom. The van der Waals surface area contributed by atoms with Crippen molar-refractivity contribution in [3.05, 3.63) is 0 Å². The average Bonchev–Trinajstić information content (AvgIpc) is 2.08. The van der Waals surface area contributed by atoms with E-state index in [2.05, 4.69) is 4.90 Å². The zero-order valence-corrected chi connectivity index (χ0v) is 6.79. The monoisotopic (exact) mass is 145 g/mol. The number of ether oxygens (including phenoxy) is 1. The lowest BCUT2D eigenvalue weighted by atomic mass is 10.3. The molecular weight excluding hydrogens is 130 g/mol. The summed E-state index contributed by atoms with van der Waals surface area (Å²) in [4.78, 5) is 2.09. The van der Waals surface area contributed by atoms with Crippen molar-refractivity contribution in [1.82, 2.24) is 4.90 Å². The molecule has 0 spiro atoms. The smallest absolute Gasteiger partial charge is 0.116 e. The van der Waals surface area contributed by atoms with Crippen LogP contribution in [-0.4, -0.2) is 42.0 Å². The standard InChI is InChI=1S/C7H15NO2/c1-7(2)8(3)4-6(5-9)10-7/h6,9H,4-5H2,1-3H3. The van der Waals surface area contributed by atoms with Gasteiger partial charge in [0.15, 0.2) is 0 Å². The van der Waals surface area contributed by atoms with Crippen molar-refractivity contribution in [1.29, 1.82) is 0 Å². The molecule has 1 aliphatic rings. The van der Waals surface area contributed by atoms with E-state index in [4.69, 9.17) is 9.84 Å². The van der Waals surface area contributed by atoms with Crippen molar-refractivity contribution in [3.63, 3.8) is 0 Å². The Balaban J connectivity index is 2.53. The highest BCUT2D eigenvalue weighted by atomic mass is 16.5. The molecule has 0 aromatic rings. The van der Waals surface area contributed by atoms with E-state index in [0.29, 0.717) is 0 Å². The fourth-order valence-electron chi connectivity index (χ4n) is 1.16. The zero-order chi connectivity index (χ0) is 7.78. The Labute approximate surface area is 61.6 Å². The van der Waals surface area contributed by atoms with Crippen molar-refractivity contribution < 1.29 is 9.84 Å². The van der Waals surface area contributed by atoms with Gasteiger partial charge in [0, 0.05) is 6.54 Å². The van der Waals surface area contributed by atoms with Gasteiger partial charge in [0.05, 0.1) is 12.7 Å². The molecule has 0 radical (unpaired) electrons. The van der Waals surface area contributed by atoms with Gasteiger partial charge in [0.1, 0.15) is 5.72 Å². The second kappa shape index (κ2) is 2.49. The second-order valence-electron chi connectivity index (χ2n) is 3.25. The third kappa shape index (κ3) is 1.31. The predicted molar refractivity (Wildman–Crippen MR) is 38.7 cm³/mol. The van der Waals surface area contributed by atoms with Crippen LogP contribution in [0.15, 0.2) is 0 Å². The molecule has 0 amide bonds. The van der Waals surface area contributed by atoms with Gasteiger partial charge in [0.25, 0.3) is 0 Å². The SMILES string of the molecule is CN1CC(CO)OC1(C)C. The molecule has 1 atom stereocenters. The molecule has 0 aromatic heterocycles. The van der Waals surface area contributed by atoms with E-state index >= 15 is 0 Å². The molecular formula is C7H15NO2. The molecule has 1 heterocycles. The van der Waals surface area contributed by atoms with E-state index in [1.165, 1.54) is 0 Å². The van der Waals surface area contributed by atoms with Crippen LogP contribution >= 0.6 is 0 Å². The van der Waals surface area contributed by atoms with Crippen molar-refractivity contribution >= 4 is 0 Å².